The minimum atomic E-state index is -0.237. The molecule has 7 rings (SSSR count). The van der Waals surface area contributed by atoms with Crippen LogP contribution in [0.1, 0.15) is 25.7 Å². The molecule has 1 amide bonds. The van der Waals surface area contributed by atoms with Crippen molar-refractivity contribution < 1.29 is 14.3 Å². The standard InChI is InChI=1S/C18H23NO3/c20-16-12-9-6-10-13-11(9)15(16)18(13,14(10)12)17(21)19-4-1-5-22-7-8-2-3-8/h8-15H,1-7H2,(H,19,21). The summed E-state index contributed by atoms with van der Waals surface area (Å²) in [5, 5.41) is 3.14. The molecule has 0 aromatic carbocycles. The van der Waals surface area contributed by atoms with Crippen LogP contribution < -0.4 is 5.32 Å². The van der Waals surface area contributed by atoms with Gasteiger partial charge >= 0.3 is 0 Å². The summed E-state index contributed by atoms with van der Waals surface area (Å²) in [5.74, 6) is 4.84. The number of Topliss-reactive ketones (excluding diaryl/α,β-unsaturated/α-hetero) is 1. The van der Waals surface area contributed by atoms with E-state index in [0.717, 1.165) is 31.5 Å². The molecule has 4 nitrogen and oxygen atoms in total. The fourth-order valence-electron chi connectivity index (χ4n) is 7.48. The molecule has 22 heavy (non-hydrogen) atoms. The Morgan fingerprint density at radius 2 is 2.14 bits per heavy atom. The maximum Gasteiger partial charge on any atom is 0.227 e. The molecular formula is C18H23NO3. The highest BCUT2D eigenvalue weighted by atomic mass is 16.5. The van der Waals surface area contributed by atoms with Crippen LogP contribution in [-0.2, 0) is 14.3 Å². The van der Waals surface area contributed by atoms with E-state index in [4.69, 9.17) is 4.74 Å². The lowest BCUT2D eigenvalue weighted by Crippen LogP contribution is -2.75. The van der Waals surface area contributed by atoms with Crippen molar-refractivity contribution in [3.8, 4) is 0 Å². The zero-order valence-electron chi connectivity index (χ0n) is 12.8. The molecule has 0 spiro atoms. The summed E-state index contributed by atoms with van der Waals surface area (Å²) in [6.07, 6.45) is 4.78. The van der Waals surface area contributed by atoms with Gasteiger partial charge in [0.25, 0.3) is 0 Å². The Morgan fingerprint density at radius 1 is 1.27 bits per heavy atom. The first-order chi connectivity index (χ1) is 10.8. The monoisotopic (exact) mass is 301 g/mol. The number of ether oxygens (including phenoxy) is 1. The summed E-state index contributed by atoms with van der Waals surface area (Å²) in [5.41, 5.74) is -0.237. The second-order valence-corrected chi connectivity index (χ2v) is 8.66. The zero-order chi connectivity index (χ0) is 14.6. The molecule has 7 aliphatic carbocycles. The first kappa shape index (κ1) is 12.5. The molecule has 8 unspecified atom stereocenters. The van der Waals surface area contributed by atoms with E-state index < -0.39 is 0 Å². The second-order valence-electron chi connectivity index (χ2n) is 8.66. The van der Waals surface area contributed by atoms with Gasteiger partial charge in [-0.1, -0.05) is 0 Å². The Labute approximate surface area is 130 Å². The van der Waals surface area contributed by atoms with Crippen LogP contribution in [0.25, 0.3) is 0 Å². The quantitative estimate of drug-likeness (QED) is 0.720. The van der Waals surface area contributed by atoms with Crippen molar-refractivity contribution in [3.05, 3.63) is 0 Å². The summed E-state index contributed by atoms with van der Waals surface area (Å²) in [7, 11) is 0. The van der Waals surface area contributed by atoms with Crippen LogP contribution in [0.5, 0.6) is 0 Å². The highest BCUT2D eigenvalue weighted by Gasteiger charge is 2.96. The van der Waals surface area contributed by atoms with E-state index in [0.29, 0.717) is 36.0 Å². The number of amides is 1. The lowest BCUT2D eigenvalue weighted by Gasteiger charge is -2.70. The van der Waals surface area contributed by atoms with Crippen LogP contribution in [0.4, 0.5) is 0 Å². The molecule has 118 valence electrons. The van der Waals surface area contributed by atoms with Crippen LogP contribution in [-0.4, -0.2) is 31.4 Å². The van der Waals surface area contributed by atoms with Gasteiger partial charge in [0.2, 0.25) is 5.91 Å². The van der Waals surface area contributed by atoms with Gasteiger partial charge in [0.1, 0.15) is 5.78 Å². The summed E-state index contributed by atoms with van der Waals surface area (Å²) in [4.78, 5) is 25.3. The Balaban J connectivity index is 1.07. The number of hydrogen-bond acceptors (Lipinski definition) is 3. The smallest absolute Gasteiger partial charge is 0.227 e. The molecule has 4 bridgehead atoms. The lowest BCUT2D eigenvalue weighted by molar-refractivity contribution is -0.248. The van der Waals surface area contributed by atoms with Crippen molar-refractivity contribution in [2.45, 2.75) is 25.7 Å². The van der Waals surface area contributed by atoms with Gasteiger partial charge in [-0.15, -0.1) is 0 Å². The number of ketones is 1. The molecule has 0 saturated heterocycles. The molecule has 8 atom stereocenters. The van der Waals surface area contributed by atoms with E-state index in [1.165, 1.54) is 19.3 Å². The van der Waals surface area contributed by atoms with Crippen molar-refractivity contribution in [1.82, 2.24) is 5.32 Å². The van der Waals surface area contributed by atoms with Crippen molar-refractivity contribution in [2.75, 3.05) is 19.8 Å². The van der Waals surface area contributed by atoms with Crippen molar-refractivity contribution in [1.29, 1.82) is 0 Å². The van der Waals surface area contributed by atoms with Gasteiger partial charge < -0.3 is 10.1 Å². The second kappa shape index (κ2) is 3.77. The van der Waals surface area contributed by atoms with Crippen LogP contribution in [0.2, 0.25) is 0 Å². The van der Waals surface area contributed by atoms with E-state index in [9.17, 15) is 9.59 Å². The molecule has 7 fully saturated rings. The van der Waals surface area contributed by atoms with E-state index in [2.05, 4.69) is 5.32 Å². The molecular weight excluding hydrogens is 278 g/mol. The van der Waals surface area contributed by atoms with Gasteiger partial charge in [0, 0.05) is 31.6 Å². The SMILES string of the molecule is O=C1C2C3CC4C2C2(C(=O)NCCCOCC5CC5)C1C3C42. The number of carbonyl (C=O) groups excluding carboxylic acids is 2. The molecule has 7 saturated carbocycles. The number of hydrogen-bond donors (Lipinski definition) is 1. The molecule has 0 radical (unpaired) electrons. The third kappa shape index (κ3) is 1.11. The zero-order valence-corrected chi connectivity index (χ0v) is 12.8. The minimum Gasteiger partial charge on any atom is -0.381 e. The molecule has 0 aromatic rings. The van der Waals surface area contributed by atoms with Crippen LogP contribution in [0, 0.1) is 52.8 Å². The Bertz CT molecular complexity index is 585. The van der Waals surface area contributed by atoms with E-state index in [-0.39, 0.29) is 23.2 Å². The van der Waals surface area contributed by atoms with Gasteiger partial charge in [0.15, 0.2) is 0 Å². The Hall–Kier alpha value is -0.900. The third-order valence-electron chi connectivity index (χ3n) is 8.06. The summed E-state index contributed by atoms with van der Waals surface area (Å²) in [6, 6.07) is 0. The largest absolute Gasteiger partial charge is 0.381 e. The fourth-order valence-corrected chi connectivity index (χ4v) is 7.48. The van der Waals surface area contributed by atoms with Crippen molar-refractivity contribution >= 4 is 11.7 Å². The molecule has 7 aliphatic rings. The maximum absolute atomic E-state index is 12.8. The van der Waals surface area contributed by atoms with E-state index in [1.54, 1.807) is 0 Å². The highest BCUT2D eigenvalue weighted by Crippen LogP contribution is 2.92. The van der Waals surface area contributed by atoms with E-state index in [1.807, 2.05) is 0 Å². The van der Waals surface area contributed by atoms with Gasteiger partial charge in [-0.2, -0.15) is 0 Å². The summed E-state index contributed by atoms with van der Waals surface area (Å²) in [6.45, 7) is 2.34. The third-order valence-corrected chi connectivity index (χ3v) is 8.06. The van der Waals surface area contributed by atoms with Gasteiger partial charge in [-0.3, -0.25) is 9.59 Å². The predicted octanol–water partition coefficient (Wildman–Crippen LogP) is 1.25. The first-order valence-corrected chi connectivity index (χ1v) is 9.16. The molecule has 1 N–H and O–H groups in total. The van der Waals surface area contributed by atoms with Gasteiger partial charge in [0.05, 0.1) is 5.41 Å². The average molecular weight is 301 g/mol. The average Bonchev–Trinajstić information content (AvgIpc) is 3.15. The fraction of sp³-hybridized carbons (Fsp3) is 0.889. The highest BCUT2D eigenvalue weighted by molar-refractivity contribution is 6.04. The number of carbonyl (C=O) groups is 2. The number of nitrogens with one attached hydrogen (secondary N) is 1. The van der Waals surface area contributed by atoms with Crippen molar-refractivity contribution in [2.24, 2.45) is 52.8 Å². The summed E-state index contributed by atoms with van der Waals surface area (Å²) < 4.78 is 5.61. The number of rotatable bonds is 7. The normalized spacial score (nSPS) is 54.5. The van der Waals surface area contributed by atoms with Gasteiger partial charge in [-0.25, -0.2) is 0 Å². The van der Waals surface area contributed by atoms with Crippen LogP contribution in [0.15, 0.2) is 0 Å². The molecule has 0 aliphatic heterocycles. The first-order valence-electron chi connectivity index (χ1n) is 9.16. The minimum absolute atomic E-state index is 0.113. The maximum atomic E-state index is 12.8. The van der Waals surface area contributed by atoms with Crippen LogP contribution >= 0.6 is 0 Å². The van der Waals surface area contributed by atoms with Gasteiger partial charge in [-0.05, 0) is 61.2 Å². The lowest BCUT2D eigenvalue weighted by atomic mass is 9.31. The molecule has 0 heterocycles. The predicted molar refractivity (Wildman–Crippen MR) is 77.7 cm³/mol. The Morgan fingerprint density at radius 3 is 2.91 bits per heavy atom. The topological polar surface area (TPSA) is 55.4 Å². The summed E-state index contributed by atoms with van der Waals surface area (Å²) >= 11 is 0. The van der Waals surface area contributed by atoms with Crippen LogP contribution in [0.3, 0.4) is 0 Å². The van der Waals surface area contributed by atoms with Crippen molar-refractivity contribution in [3.63, 3.8) is 0 Å². The molecule has 4 heteroatoms. The van der Waals surface area contributed by atoms with E-state index >= 15 is 0 Å². The molecule has 0 aromatic heterocycles. The Kier molecular flexibility index (Phi) is 2.14.